The van der Waals surface area contributed by atoms with E-state index in [0.717, 1.165) is 12.3 Å². The van der Waals surface area contributed by atoms with Gasteiger partial charge in [0, 0.05) is 25.0 Å². The Bertz CT molecular complexity index is 499. The van der Waals surface area contributed by atoms with E-state index in [1.54, 1.807) is 0 Å². The second kappa shape index (κ2) is 6.90. The van der Waals surface area contributed by atoms with Crippen LogP contribution in [0.3, 0.4) is 0 Å². The number of hydrogen-bond acceptors (Lipinski definition) is 3. The molecular weight excluding hydrogens is 236 g/mol. The molecule has 3 nitrogen and oxygen atoms in total. The van der Waals surface area contributed by atoms with Crippen LogP contribution in [0.5, 0.6) is 5.75 Å². The molecule has 0 radical (unpaired) electrons. The standard InChI is InChI=1S/C16H20N2O/c1-3-19-16-6-4-5-14(11-16)12-18-13(2)15-7-9-17-10-8-15/h4-11,13,18H,3,12H2,1-2H3/t13-/m0/s1. The van der Waals surface area contributed by atoms with Crippen molar-refractivity contribution in [3.8, 4) is 5.75 Å². The van der Waals surface area contributed by atoms with Crippen LogP contribution in [0.15, 0.2) is 48.8 Å². The zero-order chi connectivity index (χ0) is 13.5. The second-order valence-corrected chi connectivity index (χ2v) is 4.46. The zero-order valence-corrected chi connectivity index (χ0v) is 11.5. The lowest BCUT2D eigenvalue weighted by Gasteiger charge is -2.14. The molecule has 2 rings (SSSR count). The number of nitrogens with one attached hydrogen (secondary N) is 1. The molecule has 0 unspecified atom stereocenters. The molecule has 1 aromatic heterocycles. The van der Waals surface area contributed by atoms with Crippen LogP contribution in [0, 0.1) is 0 Å². The van der Waals surface area contributed by atoms with Gasteiger partial charge in [-0.05, 0) is 49.2 Å². The van der Waals surface area contributed by atoms with E-state index in [-0.39, 0.29) is 0 Å². The molecule has 0 aliphatic rings. The van der Waals surface area contributed by atoms with Crippen molar-refractivity contribution in [2.45, 2.75) is 26.4 Å². The van der Waals surface area contributed by atoms with Gasteiger partial charge in [0.05, 0.1) is 6.61 Å². The van der Waals surface area contributed by atoms with Crippen molar-refractivity contribution in [1.29, 1.82) is 0 Å². The van der Waals surface area contributed by atoms with Gasteiger partial charge in [-0.3, -0.25) is 4.98 Å². The Morgan fingerprint density at radius 1 is 1.21 bits per heavy atom. The fourth-order valence-electron chi connectivity index (χ4n) is 1.95. The molecule has 1 aromatic carbocycles. The van der Waals surface area contributed by atoms with Gasteiger partial charge in [-0.15, -0.1) is 0 Å². The molecule has 0 amide bonds. The smallest absolute Gasteiger partial charge is 0.119 e. The second-order valence-electron chi connectivity index (χ2n) is 4.46. The number of aromatic nitrogens is 1. The van der Waals surface area contributed by atoms with Crippen LogP contribution in [0.25, 0.3) is 0 Å². The van der Waals surface area contributed by atoms with E-state index >= 15 is 0 Å². The SMILES string of the molecule is CCOc1cccc(CN[C@@H](C)c2ccncc2)c1. The monoisotopic (exact) mass is 256 g/mol. The van der Waals surface area contributed by atoms with Gasteiger partial charge in [0.1, 0.15) is 5.75 Å². The Hall–Kier alpha value is -1.87. The molecule has 0 saturated heterocycles. The molecule has 0 spiro atoms. The van der Waals surface area contributed by atoms with Crippen LogP contribution >= 0.6 is 0 Å². The highest BCUT2D eigenvalue weighted by molar-refractivity contribution is 5.28. The average molecular weight is 256 g/mol. The van der Waals surface area contributed by atoms with Gasteiger partial charge in [-0.25, -0.2) is 0 Å². The molecule has 0 aliphatic carbocycles. The fourth-order valence-corrected chi connectivity index (χ4v) is 1.95. The lowest BCUT2D eigenvalue weighted by atomic mass is 10.1. The number of pyridine rings is 1. The van der Waals surface area contributed by atoms with Crippen LogP contribution in [0.4, 0.5) is 0 Å². The number of benzene rings is 1. The maximum absolute atomic E-state index is 5.50. The van der Waals surface area contributed by atoms with Crippen molar-refractivity contribution in [3.63, 3.8) is 0 Å². The molecule has 2 aromatic rings. The van der Waals surface area contributed by atoms with Gasteiger partial charge in [-0.1, -0.05) is 12.1 Å². The van der Waals surface area contributed by atoms with Crippen LogP contribution in [-0.2, 0) is 6.54 Å². The quantitative estimate of drug-likeness (QED) is 0.860. The summed E-state index contributed by atoms with van der Waals surface area (Å²) in [5.74, 6) is 0.929. The zero-order valence-electron chi connectivity index (χ0n) is 11.5. The highest BCUT2D eigenvalue weighted by atomic mass is 16.5. The maximum Gasteiger partial charge on any atom is 0.119 e. The van der Waals surface area contributed by atoms with Gasteiger partial charge in [0.15, 0.2) is 0 Å². The van der Waals surface area contributed by atoms with E-state index in [2.05, 4.69) is 29.4 Å². The fraction of sp³-hybridized carbons (Fsp3) is 0.312. The van der Waals surface area contributed by atoms with Crippen LogP contribution < -0.4 is 10.1 Å². The van der Waals surface area contributed by atoms with Gasteiger partial charge in [-0.2, -0.15) is 0 Å². The lowest BCUT2D eigenvalue weighted by Crippen LogP contribution is -2.18. The third-order valence-electron chi connectivity index (χ3n) is 3.03. The minimum atomic E-state index is 0.304. The first kappa shape index (κ1) is 13.6. The van der Waals surface area contributed by atoms with Crippen LogP contribution in [0.1, 0.15) is 31.0 Å². The van der Waals surface area contributed by atoms with Crippen molar-refractivity contribution >= 4 is 0 Å². The normalized spacial score (nSPS) is 12.1. The van der Waals surface area contributed by atoms with E-state index in [0.29, 0.717) is 12.6 Å². The number of ether oxygens (including phenoxy) is 1. The Kier molecular flexibility index (Phi) is 4.93. The first-order valence-corrected chi connectivity index (χ1v) is 6.64. The molecule has 0 fully saturated rings. The Morgan fingerprint density at radius 2 is 2.00 bits per heavy atom. The Balaban J connectivity index is 1.93. The predicted molar refractivity (Wildman–Crippen MR) is 77.1 cm³/mol. The summed E-state index contributed by atoms with van der Waals surface area (Å²) in [7, 11) is 0. The van der Waals surface area contributed by atoms with Gasteiger partial charge < -0.3 is 10.1 Å². The average Bonchev–Trinajstić information content (AvgIpc) is 2.46. The molecule has 1 N–H and O–H groups in total. The predicted octanol–water partition coefficient (Wildman–Crippen LogP) is 3.33. The summed E-state index contributed by atoms with van der Waals surface area (Å²) in [6, 6.07) is 12.6. The summed E-state index contributed by atoms with van der Waals surface area (Å²) in [5.41, 5.74) is 2.47. The van der Waals surface area contributed by atoms with Crippen LogP contribution in [0.2, 0.25) is 0 Å². The number of hydrogen-bond donors (Lipinski definition) is 1. The molecular formula is C16H20N2O. The largest absolute Gasteiger partial charge is 0.494 e. The molecule has 1 heterocycles. The van der Waals surface area contributed by atoms with Crippen molar-refractivity contribution in [2.24, 2.45) is 0 Å². The molecule has 19 heavy (non-hydrogen) atoms. The Morgan fingerprint density at radius 3 is 2.74 bits per heavy atom. The topological polar surface area (TPSA) is 34.1 Å². The number of nitrogens with zero attached hydrogens (tertiary/aromatic N) is 1. The van der Waals surface area contributed by atoms with Gasteiger partial charge >= 0.3 is 0 Å². The van der Waals surface area contributed by atoms with Gasteiger partial charge in [0.2, 0.25) is 0 Å². The first-order chi connectivity index (χ1) is 9.29. The van der Waals surface area contributed by atoms with Crippen molar-refractivity contribution in [1.82, 2.24) is 10.3 Å². The molecule has 0 saturated carbocycles. The highest BCUT2D eigenvalue weighted by Crippen LogP contribution is 2.15. The minimum Gasteiger partial charge on any atom is -0.494 e. The van der Waals surface area contributed by atoms with E-state index < -0.39 is 0 Å². The molecule has 0 aliphatic heterocycles. The summed E-state index contributed by atoms with van der Waals surface area (Å²) in [6.07, 6.45) is 3.65. The summed E-state index contributed by atoms with van der Waals surface area (Å²) in [6.45, 7) is 5.67. The summed E-state index contributed by atoms with van der Waals surface area (Å²) in [4.78, 5) is 4.03. The summed E-state index contributed by atoms with van der Waals surface area (Å²) in [5, 5.41) is 3.50. The van der Waals surface area contributed by atoms with Crippen molar-refractivity contribution < 1.29 is 4.74 Å². The molecule has 0 bridgehead atoms. The molecule has 3 heteroatoms. The Labute approximate surface area is 114 Å². The van der Waals surface area contributed by atoms with E-state index in [9.17, 15) is 0 Å². The lowest BCUT2D eigenvalue weighted by molar-refractivity contribution is 0.339. The third-order valence-corrected chi connectivity index (χ3v) is 3.03. The number of rotatable bonds is 6. The van der Waals surface area contributed by atoms with Crippen molar-refractivity contribution in [3.05, 3.63) is 59.9 Å². The highest BCUT2D eigenvalue weighted by Gasteiger charge is 2.04. The third kappa shape index (κ3) is 4.07. The summed E-state index contributed by atoms with van der Waals surface area (Å²) >= 11 is 0. The first-order valence-electron chi connectivity index (χ1n) is 6.64. The van der Waals surface area contributed by atoms with Crippen LogP contribution in [-0.4, -0.2) is 11.6 Å². The molecule has 1 atom stereocenters. The van der Waals surface area contributed by atoms with Gasteiger partial charge in [0.25, 0.3) is 0 Å². The van der Waals surface area contributed by atoms with Crippen molar-refractivity contribution in [2.75, 3.05) is 6.61 Å². The molecule has 100 valence electrons. The van der Waals surface area contributed by atoms with E-state index in [1.807, 2.05) is 43.6 Å². The summed E-state index contributed by atoms with van der Waals surface area (Å²) < 4.78 is 5.50. The van der Waals surface area contributed by atoms with E-state index in [4.69, 9.17) is 4.74 Å². The maximum atomic E-state index is 5.50. The minimum absolute atomic E-state index is 0.304. The van der Waals surface area contributed by atoms with E-state index in [1.165, 1.54) is 11.1 Å².